The number of hydrogen-bond acceptors (Lipinski definition) is 4. The first kappa shape index (κ1) is 23.3. The maximum Gasteiger partial charge on any atom is 0.251 e. The molecule has 2 rings (SSSR count). The molecular formula is C21H28ClN3O3S. The summed E-state index contributed by atoms with van der Waals surface area (Å²) >= 11 is 6.41. The molecule has 6 nitrogen and oxygen atoms in total. The lowest BCUT2D eigenvalue weighted by Gasteiger charge is -2.31. The lowest BCUT2D eigenvalue weighted by molar-refractivity contribution is 0.0934. The zero-order chi connectivity index (χ0) is 21.6. The van der Waals surface area contributed by atoms with Crippen molar-refractivity contribution in [2.45, 2.75) is 31.7 Å². The number of amides is 1. The topological polar surface area (TPSA) is 78.5 Å². The lowest BCUT2D eigenvalue weighted by atomic mass is 10.0. The third-order valence-electron chi connectivity index (χ3n) is 5.01. The van der Waals surface area contributed by atoms with Gasteiger partial charge in [-0.2, -0.15) is 0 Å². The number of halogens is 1. The van der Waals surface area contributed by atoms with Crippen LogP contribution in [0.2, 0.25) is 5.02 Å². The predicted octanol–water partition coefficient (Wildman–Crippen LogP) is 3.37. The molecule has 0 aliphatic carbocycles. The van der Waals surface area contributed by atoms with E-state index in [1.165, 1.54) is 19.2 Å². The minimum absolute atomic E-state index is 0.0575. The molecule has 8 heteroatoms. The van der Waals surface area contributed by atoms with Gasteiger partial charge in [0.05, 0.1) is 10.9 Å². The van der Waals surface area contributed by atoms with Gasteiger partial charge in [-0.3, -0.25) is 9.69 Å². The van der Waals surface area contributed by atoms with E-state index in [4.69, 9.17) is 11.6 Å². The fourth-order valence-electron chi connectivity index (χ4n) is 3.26. The normalized spacial score (nSPS) is 12.8. The van der Waals surface area contributed by atoms with Crippen LogP contribution in [-0.2, 0) is 10.0 Å². The molecule has 0 saturated carbocycles. The molecule has 2 aromatic rings. The first-order valence-corrected chi connectivity index (χ1v) is 11.4. The van der Waals surface area contributed by atoms with Crippen LogP contribution in [0.5, 0.6) is 0 Å². The highest BCUT2D eigenvalue weighted by atomic mass is 35.5. The smallest absolute Gasteiger partial charge is 0.251 e. The van der Waals surface area contributed by atoms with E-state index >= 15 is 0 Å². The van der Waals surface area contributed by atoms with Crippen molar-refractivity contribution >= 4 is 27.5 Å². The fraction of sp³-hybridized carbons (Fsp3) is 0.381. The first-order valence-electron chi connectivity index (χ1n) is 9.56. The van der Waals surface area contributed by atoms with Crippen LogP contribution in [-0.4, -0.2) is 45.9 Å². The molecular weight excluding hydrogens is 410 g/mol. The summed E-state index contributed by atoms with van der Waals surface area (Å²) in [5.41, 5.74) is 1.98. The molecule has 0 aliphatic heterocycles. The number of sulfonamides is 1. The van der Waals surface area contributed by atoms with E-state index in [9.17, 15) is 13.2 Å². The number of likely N-dealkylation sites (N-methyl/N-ethyl adjacent to an activating group) is 1. The first-order chi connectivity index (χ1) is 13.7. The van der Waals surface area contributed by atoms with Gasteiger partial charge in [0, 0.05) is 17.1 Å². The van der Waals surface area contributed by atoms with Crippen molar-refractivity contribution in [2.75, 3.05) is 26.7 Å². The van der Waals surface area contributed by atoms with E-state index in [0.29, 0.717) is 22.7 Å². The van der Waals surface area contributed by atoms with Crippen LogP contribution in [0.4, 0.5) is 0 Å². The van der Waals surface area contributed by atoms with E-state index in [-0.39, 0.29) is 16.8 Å². The summed E-state index contributed by atoms with van der Waals surface area (Å²) in [5.74, 6) is -0.320. The molecule has 0 saturated heterocycles. The minimum atomic E-state index is -3.63. The summed E-state index contributed by atoms with van der Waals surface area (Å²) in [5, 5.41) is 3.61. The number of carbonyl (C=O) groups is 1. The Labute approximate surface area is 178 Å². The summed E-state index contributed by atoms with van der Waals surface area (Å²) in [6.07, 6.45) is 0. The van der Waals surface area contributed by atoms with Crippen molar-refractivity contribution in [3.8, 4) is 0 Å². The van der Waals surface area contributed by atoms with Gasteiger partial charge in [-0.25, -0.2) is 13.1 Å². The molecule has 0 spiro atoms. The molecule has 0 aromatic heterocycles. The largest absolute Gasteiger partial charge is 0.350 e. The molecule has 2 N–H and O–H groups in total. The van der Waals surface area contributed by atoms with Crippen LogP contribution in [0, 0.1) is 6.92 Å². The van der Waals surface area contributed by atoms with Gasteiger partial charge in [-0.1, -0.05) is 49.7 Å². The molecule has 0 fully saturated rings. The molecule has 0 aliphatic rings. The van der Waals surface area contributed by atoms with Gasteiger partial charge in [0.15, 0.2) is 0 Å². The summed E-state index contributed by atoms with van der Waals surface area (Å²) in [4.78, 5) is 15.2. The predicted molar refractivity (Wildman–Crippen MR) is 117 cm³/mol. The van der Waals surface area contributed by atoms with Gasteiger partial charge < -0.3 is 5.32 Å². The van der Waals surface area contributed by atoms with E-state index < -0.39 is 10.0 Å². The second kappa shape index (κ2) is 10.2. The molecule has 29 heavy (non-hydrogen) atoms. The molecule has 1 atom stereocenters. The average molecular weight is 438 g/mol. The number of carbonyl (C=O) groups excluding carboxylic acids is 1. The molecule has 1 unspecified atom stereocenters. The summed E-state index contributed by atoms with van der Waals surface area (Å²) in [6, 6.07) is 12.0. The van der Waals surface area contributed by atoms with Crippen molar-refractivity contribution in [1.82, 2.24) is 14.9 Å². The highest BCUT2D eigenvalue weighted by Crippen LogP contribution is 2.27. The van der Waals surface area contributed by atoms with Gasteiger partial charge in [-0.15, -0.1) is 0 Å². The second-order valence-electron chi connectivity index (χ2n) is 6.65. The lowest BCUT2D eigenvalue weighted by Crippen LogP contribution is -2.38. The van der Waals surface area contributed by atoms with Crippen LogP contribution in [0.1, 0.15) is 41.4 Å². The molecule has 0 heterocycles. The SMILES string of the molecule is CCN(CC)C(CNC(=O)c1cc(S(=O)(=O)NC)ccc1C)c1ccccc1Cl. The van der Waals surface area contributed by atoms with Crippen molar-refractivity contribution in [3.05, 3.63) is 64.2 Å². The van der Waals surface area contributed by atoms with Crippen molar-refractivity contribution < 1.29 is 13.2 Å². The Balaban J connectivity index is 2.29. The van der Waals surface area contributed by atoms with Crippen LogP contribution < -0.4 is 10.0 Å². The maximum atomic E-state index is 12.9. The number of nitrogens with one attached hydrogen (secondary N) is 2. The van der Waals surface area contributed by atoms with Gasteiger partial charge in [0.25, 0.3) is 5.91 Å². The van der Waals surface area contributed by atoms with E-state index in [2.05, 4.69) is 28.8 Å². The Morgan fingerprint density at radius 1 is 1.14 bits per heavy atom. The zero-order valence-electron chi connectivity index (χ0n) is 17.2. The number of aryl methyl sites for hydroxylation is 1. The molecule has 0 radical (unpaired) electrons. The van der Waals surface area contributed by atoms with Crippen LogP contribution in [0.25, 0.3) is 0 Å². The van der Waals surface area contributed by atoms with Crippen LogP contribution in [0.3, 0.4) is 0 Å². The van der Waals surface area contributed by atoms with E-state index in [1.807, 2.05) is 24.3 Å². The monoisotopic (exact) mass is 437 g/mol. The highest BCUT2D eigenvalue weighted by Gasteiger charge is 2.22. The highest BCUT2D eigenvalue weighted by molar-refractivity contribution is 7.89. The summed E-state index contributed by atoms with van der Waals surface area (Å²) < 4.78 is 26.4. The number of rotatable bonds is 9. The minimum Gasteiger partial charge on any atom is -0.350 e. The quantitative estimate of drug-likeness (QED) is 0.630. The van der Waals surface area contributed by atoms with Gasteiger partial charge in [-0.05, 0) is 56.4 Å². The summed E-state index contributed by atoms with van der Waals surface area (Å²) in [6.45, 7) is 7.86. The fourth-order valence-corrected chi connectivity index (χ4v) is 4.28. The Morgan fingerprint density at radius 2 is 1.79 bits per heavy atom. The second-order valence-corrected chi connectivity index (χ2v) is 8.95. The third-order valence-corrected chi connectivity index (χ3v) is 6.76. The molecule has 1 amide bonds. The van der Waals surface area contributed by atoms with Gasteiger partial charge in [0.2, 0.25) is 10.0 Å². The third kappa shape index (κ3) is 5.57. The van der Waals surface area contributed by atoms with Crippen molar-refractivity contribution in [1.29, 1.82) is 0 Å². The van der Waals surface area contributed by atoms with Crippen molar-refractivity contribution in [2.24, 2.45) is 0 Å². The van der Waals surface area contributed by atoms with E-state index in [0.717, 1.165) is 18.7 Å². The van der Waals surface area contributed by atoms with Crippen LogP contribution >= 0.6 is 11.6 Å². The Kier molecular flexibility index (Phi) is 8.22. The zero-order valence-corrected chi connectivity index (χ0v) is 18.8. The van der Waals surface area contributed by atoms with Gasteiger partial charge in [0.1, 0.15) is 0 Å². The Bertz CT molecular complexity index is 959. The van der Waals surface area contributed by atoms with Crippen molar-refractivity contribution in [3.63, 3.8) is 0 Å². The standard InChI is InChI=1S/C21H28ClN3O3S/c1-5-25(6-2)20(17-9-7-8-10-19(17)22)14-24-21(26)18-13-16(12-11-15(18)3)29(27,28)23-4/h7-13,20,23H,5-6,14H2,1-4H3,(H,24,26). The molecule has 2 aromatic carbocycles. The van der Waals surface area contributed by atoms with Gasteiger partial charge >= 0.3 is 0 Å². The Hall–Kier alpha value is -1.93. The Morgan fingerprint density at radius 3 is 2.38 bits per heavy atom. The number of benzene rings is 2. The molecule has 0 bridgehead atoms. The number of nitrogens with zero attached hydrogens (tertiary/aromatic N) is 1. The average Bonchev–Trinajstić information content (AvgIpc) is 2.71. The van der Waals surface area contributed by atoms with Crippen LogP contribution in [0.15, 0.2) is 47.4 Å². The van der Waals surface area contributed by atoms with E-state index in [1.54, 1.807) is 13.0 Å². The molecule has 158 valence electrons. The maximum absolute atomic E-state index is 12.9. The summed E-state index contributed by atoms with van der Waals surface area (Å²) in [7, 11) is -2.29. The number of hydrogen-bond donors (Lipinski definition) is 2.